The van der Waals surface area contributed by atoms with Gasteiger partial charge in [0, 0.05) is 16.9 Å². The average molecular weight is 398 g/mol. The van der Waals surface area contributed by atoms with E-state index in [2.05, 4.69) is 41.7 Å². The Labute approximate surface area is 151 Å². The van der Waals surface area contributed by atoms with Crippen LogP contribution < -0.4 is 0 Å². The van der Waals surface area contributed by atoms with E-state index in [0.717, 1.165) is 12.8 Å². The number of nitrogens with zero attached hydrogens (tertiary/aromatic N) is 1. The van der Waals surface area contributed by atoms with Crippen molar-refractivity contribution in [3.05, 3.63) is 28.5 Å². The number of carbonyl (C=O) groups excluding carboxylic acids is 2. The Morgan fingerprint density at radius 3 is 2.75 bits per heavy atom. The molecule has 0 unspecified atom stereocenters. The number of pyridine rings is 1. The van der Waals surface area contributed by atoms with Gasteiger partial charge in [-0.2, -0.15) is 0 Å². The van der Waals surface area contributed by atoms with Gasteiger partial charge >= 0.3 is 11.9 Å². The van der Waals surface area contributed by atoms with Crippen LogP contribution in [0, 0.1) is 17.8 Å². The minimum absolute atomic E-state index is 0.0903. The quantitative estimate of drug-likeness (QED) is 0.702. The third-order valence-electron chi connectivity index (χ3n) is 4.51. The van der Waals surface area contributed by atoms with Crippen LogP contribution in [0.2, 0.25) is 0 Å². The molecule has 0 bridgehead atoms. The van der Waals surface area contributed by atoms with Crippen molar-refractivity contribution in [1.82, 2.24) is 4.98 Å². The van der Waals surface area contributed by atoms with Crippen LogP contribution >= 0.6 is 15.9 Å². The van der Waals surface area contributed by atoms with Crippen molar-refractivity contribution < 1.29 is 19.1 Å². The van der Waals surface area contributed by atoms with Crippen LogP contribution in [0.3, 0.4) is 0 Å². The number of carbonyl (C=O) groups is 2. The van der Waals surface area contributed by atoms with E-state index in [0.29, 0.717) is 27.8 Å². The molecule has 1 saturated carbocycles. The van der Waals surface area contributed by atoms with Crippen LogP contribution in [-0.4, -0.2) is 29.6 Å². The van der Waals surface area contributed by atoms with Gasteiger partial charge in [0.25, 0.3) is 0 Å². The smallest absolute Gasteiger partial charge is 0.344 e. The summed E-state index contributed by atoms with van der Waals surface area (Å²) in [4.78, 5) is 27.9. The van der Waals surface area contributed by atoms with Crippen molar-refractivity contribution in [2.45, 2.75) is 46.1 Å². The van der Waals surface area contributed by atoms with E-state index < -0.39 is 11.9 Å². The Morgan fingerprint density at radius 1 is 1.33 bits per heavy atom. The SMILES string of the molecule is CC(C)[C@H]1CC[C@H](C)C[C@H]1OC(=O)COC(=O)c1cncc(Br)c1. The van der Waals surface area contributed by atoms with Crippen molar-refractivity contribution in [1.29, 1.82) is 0 Å². The van der Waals surface area contributed by atoms with Gasteiger partial charge in [-0.25, -0.2) is 9.59 Å². The first-order valence-electron chi connectivity index (χ1n) is 8.34. The number of esters is 2. The molecule has 1 heterocycles. The second kappa shape index (κ2) is 8.60. The third kappa shape index (κ3) is 5.30. The van der Waals surface area contributed by atoms with Gasteiger partial charge in [0.2, 0.25) is 0 Å². The van der Waals surface area contributed by atoms with Crippen LogP contribution in [0.15, 0.2) is 22.9 Å². The van der Waals surface area contributed by atoms with Crippen molar-refractivity contribution in [2.75, 3.05) is 6.61 Å². The molecule has 0 aromatic carbocycles. The number of hydrogen-bond donors (Lipinski definition) is 0. The number of rotatable bonds is 5. The van der Waals surface area contributed by atoms with Crippen molar-refractivity contribution in [2.24, 2.45) is 17.8 Å². The first kappa shape index (κ1) is 18.9. The van der Waals surface area contributed by atoms with Gasteiger partial charge in [0.1, 0.15) is 6.10 Å². The molecule has 0 N–H and O–H groups in total. The number of hydrogen-bond acceptors (Lipinski definition) is 5. The zero-order chi connectivity index (χ0) is 17.7. The van der Waals surface area contributed by atoms with E-state index in [-0.39, 0.29) is 12.7 Å². The highest BCUT2D eigenvalue weighted by Crippen LogP contribution is 2.35. The summed E-state index contributed by atoms with van der Waals surface area (Å²) in [5.74, 6) is 0.308. The summed E-state index contributed by atoms with van der Waals surface area (Å²) in [5, 5.41) is 0. The van der Waals surface area contributed by atoms with E-state index >= 15 is 0 Å². The summed E-state index contributed by atoms with van der Waals surface area (Å²) in [6.45, 7) is 6.11. The molecular formula is C18H24BrNO4. The van der Waals surface area contributed by atoms with E-state index in [4.69, 9.17) is 9.47 Å². The summed E-state index contributed by atoms with van der Waals surface area (Å²) in [6, 6.07) is 1.60. The monoisotopic (exact) mass is 397 g/mol. The molecule has 3 atom stereocenters. The second-order valence-electron chi connectivity index (χ2n) is 6.82. The molecule has 24 heavy (non-hydrogen) atoms. The standard InChI is InChI=1S/C18H24BrNO4/c1-11(2)15-5-4-12(3)6-16(15)24-17(21)10-23-18(22)13-7-14(19)9-20-8-13/h7-9,11-12,15-16H,4-6,10H2,1-3H3/t12-,15+,16+/m0/s1. The van der Waals surface area contributed by atoms with Crippen molar-refractivity contribution in [3.8, 4) is 0 Å². The predicted octanol–water partition coefficient (Wildman–Crippen LogP) is 4.00. The van der Waals surface area contributed by atoms with Crippen LogP contribution in [-0.2, 0) is 14.3 Å². The molecule has 0 saturated heterocycles. The summed E-state index contributed by atoms with van der Waals surface area (Å²) in [5.41, 5.74) is 0.295. The van der Waals surface area contributed by atoms with E-state index in [1.807, 2.05) is 0 Å². The zero-order valence-corrected chi connectivity index (χ0v) is 15.9. The third-order valence-corrected chi connectivity index (χ3v) is 4.94. The van der Waals surface area contributed by atoms with E-state index in [1.165, 1.54) is 12.6 Å². The van der Waals surface area contributed by atoms with Crippen LogP contribution in [0.1, 0.15) is 50.4 Å². The molecule has 1 aromatic rings. The summed E-state index contributed by atoms with van der Waals surface area (Å²) < 4.78 is 11.3. The highest BCUT2D eigenvalue weighted by Gasteiger charge is 2.33. The minimum atomic E-state index is -0.585. The fourth-order valence-electron chi connectivity index (χ4n) is 3.18. The Hall–Kier alpha value is -1.43. The van der Waals surface area contributed by atoms with Crippen LogP contribution in [0.5, 0.6) is 0 Å². The lowest BCUT2D eigenvalue weighted by Crippen LogP contribution is -2.36. The maximum atomic E-state index is 12.1. The molecule has 1 fully saturated rings. The van der Waals surface area contributed by atoms with E-state index in [9.17, 15) is 9.59 Å². The first-order chi connectivity index (χ1) is 11.4. The molecule has 0 spiro atoms. The molecular weight excluding hydrogens is 374 g/mol. The summed E-state index contributed by atoms with van der Waals surface area (Å²) in [6.07, 6.45) is 5.99. The van der Waals surface area contributed by atoms with Gasteiger partial charge in [-0.1, -0.05) is 27.2 Å². The topological polar surface area (TPSA) is 65.5 Å². The fraction of sp³-hybridized carbons (Fsp3) is 0.611. The Morgan fingerprint density at radius 2 is 2.08 bits per heavy atom. The lowest BCUT2D eigenvalue weighted by Gasteiger charge is -2.36. The molecule has 1 aliphatic carbocycles. The van der Waals surface area contributed by atoms with Gasteiger partial charge in [-0.15, -0.1) is 0 Å². The molecule has 0 radical (unpaired) electrons. The maximum Gasteiger partial charge on any atom is 0.344 e. The molecule has 132 valence electrons. The number of aromatic nitrogens is 1. The largest absolute Gasteiger partial charge is 0.460 e. The van der Waals surface area contributed by atoms with Gasteiger partial charge in [0.05, 0.1) is 5.56 Å². The molecule has 0 amide bonds. The molecule has 1 aliphatic rings. The van der Waals surface area contributed by atoms with Crippen molar-refractivity contribution >= 4 is 27.9 Å². The van der Waals surface area contributed by atoms with Crippen LogP contribution in [0.4, 0.5) is 0 Å². The summed E-state index contributed by atoms with van der Waals surface area (Å²) >= 11 is 3.24. The highest BCUT2D eigenvalue weighted by molar-refractivity contribution is 9.10. The number of ether oxygens (including phenoxy) is 2. The second-order valence-corrected chi connectivity index (χ2v) is 7.74. The lowest BCUT2D eigenvalue weighted by molar-refractivity contribution is -0.159. The van der Waals surface area contributed by atoms with E-state index in [1.54, 1.807) is 12.3 Å². The Balaban J connectivity index is 1.86. The maximum absolute atomic E-state index is 12.1. The van der Waals surface area contributed by atoms with Gasteiger partial charge in [-0.3, -0.25) is 4.98 Å². The molecule has 1 aromatic heterocycles. The van der Waals surface area contributed by atoms with Crippen molar-refractivity contribution in [3.63, 3.8) is 0 Å². The Bertz CT molecular complexity index is 590. The van der Waals surface area contributed by atoms with Gasteiger partial charge in [0.15, 0.2) is 6.61 Å². The lowest BCUT2D eigenvalue weighted by atomic mass is 9.75. The van der Waals surface area contributed by atoms with Crippen LogP contribution in [0.25, 0.3) is 0 Å². The number of halogens is 1. The normalized spacial score (nSPS) is 23.8. The predicted molar refractivity (Wildman–Crippen MR) is 93.4 cm³/mol. The first-order valence-corrected chi connectivity index (χ1v) is 9.13. The molecule has 6 heteroatoms. The molecule has 0 aliphatic heterocycles. The van der Waals surface area contributed by atoms with Gasteiger partial charge in [-0.05, 0) is 52.6 Å². The highest BCUT2D eigenvalue weighted by atomic mass is 79.9. The minimum Gasteiger partial charge on any atom is -0.460 e. The molecule has 2 rings (SSSR count). The zero-order valence-electron chi connectivity index (χ0n) is 14.3. The summed E-state index contributed by atoms with van der Waals surface area (Å²) in [7, 11) is 0. The fourth-order valence-corrected chi connectivity index (χ4v) is 3.55. The Kier molecular flexibility index (Phi) is 6.78. The molecule has 5 nitrogen and oxygen atoms in total. The average Bonchev–Trinajstić information content (AvgIpc) is 2.52. The van der Waals surface area contributed by atoms with Gasteiger partial charge < -0.3 is 9.47 Å².